The van der Waals surface area contributed by atoms with Gasteiger partial charge in [0.15, 0.2) is 11.6 Å². The van der Waals surface area contributed by atoms with Crippen LogP contribution in [0.25, 0.3) is 10.9 Å². The zero-order chi connectivity index (χ0) is 20.3. The fourth-order valence-corrected chi connectivity index (χ4v) is 3.64. The minimum atomic E-state index is -1.16. The summed E-state index contributed by atoms with van der Waals surface area (Å²) >= 11 is 1.19. The molecule has 0 atom stereocenters. The van der Waals surface area contributed by atoms with Gasteiger partial charge in [-0.3, -0.25) is 4.79 Å². The lowest BCUT2D eigenvalue weighted by atomic mass is 10.1. The van der Waals surface area contributed by atoms with E-state index >= 15 is 0 Å². The molecule has 28 heavy (non-hydrogen) atoms. The van der Waals surface area contributed by atoms with Gasteiger partial charge in [0, 0.05) is 17.2 Å². The van der Waals surface area contributed by atoms with E-state index in [0.29, 0.717) is 11.5 Å². The number of pyridine rings is 1. The third-order valence-corrected chi connectivity index (χ3v) is 5.10. The SMILES string of the molecule is CCOC(=O)c1c(SCc2ccc(OC)cc2)[nH]c2cc(F)c(F)cc2c1=O. The number of aromatic amines is 1. The van der Waals surface area contributed by atoms with Gasteiger partial charge in [0.05, 0.1) is 24.3 Å². The van der Waals surface area contributed by atoms with Crippen LogP contribution >= 0.6 is 11.8 Å². The summed E-state index contributed by atoms with van der Waals surface area (Å²) in [7, 11) is 1.57. The molecule has 3 rings (SSSR count). The molecule has 1 aromatic heterocycles. The average molecular weight is 405 g/mol. The quantitative estimate of drug-likeness (QED) is 0.490. The van der Waals surface area contributed by atoms with Gasteiger partial charge in [0.2, 0.25) is 5.43 Å². The average Bonchev–Trinajstić information content (AvgIpc) is 2.68. The summed E-state index contributed by atoms with van der Waals surface area (Å²) in [6.45, 7) is 1.70. The van der Waals surface area contributed by atoms with Crippen molar-refractivity contribution in [2.75, 3.05) is 13.7 Å². The summed E-state index contributed by atoms with van der Waals surface area (Å²) in [6.07, 6.45) is 0. The molecule has 0 fully saturated rings. The van der Waals surface area contributed by atoms with Crippen LogP contribution in [0.2, 0.25) is 0 Å². The number of aromatic nitrogens is 1. The van der Waals surface area contributed by atoms with Gasteiger partial charge in [0.25, 0.3) is 0 Å². The number of nitrogens with one attached hydrogen (secondary N) is 1. The molecule has 0 aliphatic heterocycles. The van der Waals surface area contributed by atoms with E-state index in [4.69, 9.17) is 9.47 Å². The molecule has 0 unspecified atom stereocenters. The highest BCUT2D eigenvalue weighted by Crippen LogP contribution is 2.27. The van der Waals surface area contributed by atoms with E-state index in [1.807, 2.05) is 12.1 Å². The fourth-order valence-electron chi connectivity index (χ4n) is 2.63. The summed E-state index contributed by atoms with van der Waals surface area (Å²) in [6, 6.07) is 8.98. The molecule has 5 nitrogen and oxygen atoms in total. The van der Waals surface area contributed by atoms with Crippen molar-refractivity contribution in [2.45, 2.75) is 17.7 Å². The highest BCUT2D eigenvalue weighted by Gasteiger charge is 2.22. The van der Waals surface area contributed by atoms with Crippen molar-refractivity contribution in [2.24, 2.45) is 0 Å². The Morgan fingerprint density at radius 1 is 1.14 bits per heavy atom. The second-order valence-electron chi connectivity index (χ2n) is 5.83. The predicted molar refractivity (Wildman–Crippen MR) is 103 cm³/mol. The van der Waals surface area contributed by atoms with Crippen molar-refractivity contribution in [3.63, 3.8) is 0 Å². The first kappa shape index (κ1) is 19.9. The monoisotopic (exact) mass is 405 g/mol. The molecule has 2 aromatic carbocycles. The van der Waals surface area contributed by atoms with Crippen molar-refractivity contribution in [1.29, 1.82) is 0 Å². The Kier molecular flexibility index (Phi) is 5.99. The number of carbonyl (C=O) groups is 1. The number of carbonyl (C=O) groups excluding carboxylic acids is 1. The third kappa shape index (κ3) is 4.01. The van der Waals surface area contributed by atoms with Gasteiger partial charge in [-0.05, 0) is 30.7 Å². The Morgan fingerprint density at radius 2 is 1.82 bits per heavy atom. The number of H-pyrrole nitrogens is 1. The standard InChI is InChI=1S/C20H17F2NO4S/c1-3-27-20(25)17-18(24)13-8-14(21)15(22)9-16(13)23-19(17)28-10-11-4-6-12(26-2)7-5-11/h4-9H,3,10H2,1-2H3,(H,23,24). The first-order valence-corrected chi connectivity index (χ1v) is 9.41. The maximum absolute atomic E-state index is 13.6. The Bertz CT molecular complexity index is 1080. The van der Waals surface area contributed by atoms with Crippen molar-refractivity contribution < 1.29 is 23.0 Å². The predicted octanol–water partition coefficient (Wildman–Crippen LogP) is 4.28. The molecule has 1 heterocycles. The van der Waals surface area contributed by atoms with Crippen LogP contribution in [0.5, 0.6) is 5.75 Å². The van der Waals surface area contributed by atoms with E-state index in [1.165, 1.54) is 11.8 Å². The Labute approximate surface area is 163 Å². The fraction of sp³-hybridized carbons (Fsp3) is 0.200. The smallest absolute Gasteiger partial charge is 0.344 e. The number of fused-ring (bicyclic) bond motifs is 1. The van der Waals surface area contributed by atoms with Crippen molar-refractivity contribution >= 4 is 28.6 Å². The van der Waals surface area contributed by atoms with E-state index in [-0.39, 0.29) is 28.1 Å². The molecular weight excluding hydrogens is 388 g/mol. The lowest BCUT2D eigenvalue weighted by molar-refractivity contribution is 0.0520. The Balaban J connectivity index is 2.04. The summed E-state index contributed by atoms with van der Waals surface area (Å²) in [4.78, 5) is 28.0. The molecule has 0 saturated carbocycles. The van der Waals surface area contributed by atoms with Gasteiger partial charge in [-0.1, -0.05) is 12.1 Å². The van der Waals surface area contributed by atoms with Gasteiger partial charge in [-0.2, -0.15) is 0 Å². The number of thioether (sulfide) groups is 1. The maximum atomic E-state index is 13.6. The second kappa shape index (κ2) is 8.43. The van der Waals surface area contributed by atoms with Crippen LogP contribution in [-0.2, 0) is 10.5 Å². The zero-order valence-electron chi connectivity index (χ0n) is 15.2. The number of ether oxygens (including phenoxy) is 2. The summed E-state index contributed by atoms with van der Waals surface area (Å²) in [5.74, 6) is -1.92. The molecule has 0 aliphatic rings. The topological polar surface area (TPSA) is 68.4 Å². The molecule has 146 valence electrons. The van der Waals surface area contributed by atoms with E-state index in [9.17, 15) is 18.4 Å². The molecule has 0 saturated heterocycles. The summed E-state index contributed by atoms with van der Waals surface area (Å²) < 4.78 is 37.3. The molecule has 0 radical (unpaired) electrons. The number of halogens is 2. The van der Waals surface area contributed by atoms with Crippen LogP contribution in [0.1, 0.15) is 22.8 Å². The van der Waals surface area contributed by atoms with Gasteiger partial charge in [-0.15, -0.1) is 11.8 Å². The Hall–Kier alpha value is -2.87. The molecule has 0 aliphatic carbocycles. The minimum Gasteiger partial charge on any atom is -0.497 e. The second-order valence-corrected chi connectivity index (χ2v) is 6.81. The molecular formula is C20H17F2NO4S. The minimum absolute atomic E-state index is 0.0800. The number of hydrogen-bond donors (Lipinski definition) is 1. The largest absolute Gasteiger partial charge is 0.497 e. The van der Waals surface area contributed by atoms with Gasteiger partial charge in [-0.25, -0.2) is 13.6 Å². The van der Waals surface area contributed by atoms with Gasteiger partial charge < -0.3 is 14.5 Å². The van der Waals surface area contributed by atoms with Crippen LogP contribution in [-0.4, -0.2) is 24.7 Å². The maximum Gasteiger partial charge on any atom is 0.344 e. The van der Waals surface area contributed by atoms with Crippen molar-refractivity contribution in [3.8, 4) is 5.75 Å². The first-order chi connectivity index (χ1) is 13.4. The highest BCUT2D eigenvalue weighted by molar-refractivity contribution is 7.98. The third-order valence-electron chi connectivity index (χ3n) is 4.03. The van der Waals surface area contributed by atoms with E-state index < -0.39 is 23.0 Å². The number of esters is 1. The van der Waals surface area contributed by atoms with E-state index in [0.717, 1.165) is 17.7 Å². The summed E-state index contributed by atoms with van der Waals surface area (Å²) in [5, 5.41) is 0.119. The zero-order valence-corrected chi connectivity index (χ0v) is 16.0. The van der Waals surface area contributed by atoms with Crippen LogP contribution in [0, 0.1) is 11.6 Å². The van der Waals surface area contributed by atoms with Crippen LogP contribution in [0.4, 0.5) is 8.78 Å². The van der Waals surface area contributed by atoms with Crippen LogP contribution in [0.3, 0.4) is 0 Å². The number of methoxy groups -OCH3 is 1. The Morgan fingerprint density at radius 3 is 2.46 bits per heavy atom. The van der Waals surface area contributed by atoms with Gasteiger partial charge >= 0.3 is 5.97 Å². The molecule has 0 bridgehead atoms. The molecule has 3 aromatic rings. The van der Waals surface area contributed by atoms with Gasteiger partial charge in [0.1, 0.15) is 11.3 Å². The highest BCUT2D eigenvalue weighted by atomic mass is 32.2. The molecule has 8 heteroatoms. The van der Waals surface area contributed by atoms with Crippen LogP contribution < -0.4 is 10.2 Å². The molecule has 0 amide bonds. The normalized spacial score (nSPS) is 10.9. The molecule has 0 spiro atoms. The first-order valence-electron chi connectivity index (χ1n) is 8.42. The lowest BCUT2D eigenvalue weighted by Crippen LogP contribution is -2.20. The number of benzene rings is 2. The van der Waals surface area contributed by atoms with Crippen molar-refractivity contribution in [1.82, 2.24) is 4.98 Å². The van der Waals surface area contributed by atoms with Crippen LogP contribution in [0.15, 0.2) is 46.2 Å². The van der Waals surface area contributed by atoms with Crippen molar-refractivity contribution in [3.05, 3.63) is 69.4 Å². The molecule has 1 N–H and O–H groups in total. The van der Waals surface area contributed by atoms with E-state index in [2.05, 4.69) is 4.98 Å². The summed E-state index contributed by atoms with van der Waals surface area (Å²) in [5.41, 5.74) is 0.100. The lowest BCUT2D eigenvalue weighted by Gasteiger charge is -2.11. The van der Waals surface area contributed by atoms with E-state index in [1.54, 1.807) is 26.2 Å². The number of hydrogen-bond acceptors (Lipinski definition) is 5. The number of rotatable bonds is 6.